The topological polar surface area (TPSA) is 71.0 Å². The molecule has 5 rings (SSSR count). The van der Waals surface area contributed by atoms with Crippen molar-refractivity contribution in [1.29, 1.82) is 0 Å². The predicted molar refractivity (Wildman–Crippen MR) is 127 cm³/mol. The number of aryl methyl sites for hydroxylation is 1. The van der Waals surface area contributed by atoms with Crippen LogP contribution in [0, 0.1) is 6.92 Å². The minimum atomic E-state index is -0.259. The number of pyridine rings is 1. The summed E-state index contributed by atoms with van der Waals surface area (Å²) in [6.07, 6.45) is 0. The molecule has 2 aromatic carbocycles. The fourth-order valence-corrected chi connectivity index (χ4v) is 5.38. The van der Waals surface area contributed by atoms with Gasteiger partial charge >= 0.3 is 29.6 Å². The Bertz CT molecular complexity index is 1500. The first kappa shape index (κ1) is 23.4. The van der Waals surface area contributed by atoms with Crippen LogP contribution in [-0.2, 0) is 6.54 Å². The van der Waals surface area contributed by atoms with Gasteiger partial charge in [-0.15, -0.1) is 17.3 Å². The Balaban J connectivity index is 0.00000245. The fourth-order valence-electron chi connectivity index (χ4n) is 3.50. The molecule has 0 saturated carbocycles. The second-order valence-electron chi connectivity index (χ2n) is 6.96. The number of thioether (sulfide) groups is 1. The van der Waals surface area contributed by atoms with Gasteiger partial charge in [-0.1, -0.05) is 35.1 Å². The number of fused-ring (bicyclic) bond motifs is 2. The molecule has 3 heterocycles. The van der Waals surface area contributed by atoms with Gasteiger partial charge < -0.3 is 14.3 Å². The van der Waals surface area contributed by atoms with E-state index in [9.17, 15) is 9.59 Å². The van der Waals surface area contributed by atoms with E-state index in [2.05, 4.69) is 10.1 Å². The summed E-state index contributed by atoms with van der Waals surface area (Å²) in [5, 5.41) is 6.04. The number of hydrogen-bond acceptors (Lipinski definition) is 5. The van der Waals surface area contributed by atoms with Crippen LogP contribution in [0.5, 0.6) is 0 Å². The number of benzene rings is 2. The SMILES string of the molecule is Cc1c2c(=O)n(-c3nc4ccccc4s3)[n-]c2cc(=O)n1CCSc1ccc(Cl)cc1.[Na+]. The average Bonchev–Trinajstić information content (AvgIpc) is 3.32. The Labute approximate surface area is 218 Å². The van der Waals surface area contributed by atoms with Crippen molar-refractivity contribution in [2.75, 3.05) is 5.75 Å². The molecule has 0 bridgehead atoms. The molecule has 0 radical (unpaired) electrons. The maximum absolute atomic E-state index is 13.2. The molecule has 0 aliphatic carbocycles. The first-order valence-electron chi connectivity index (χ1n) is 9.56. The maximum atomic E-state index is 13.2. The van der Waals surface area contributed by atoms with E-state index in [1.165, 1.54) is 22.1 Å². The van der Waals surface area contributed by atoms with Gasteiger partial charge in [-0.3, -0.25) is 9.59 Å². The molecule has 0 atom stereocenters. The standard InChI is InChI=1S/C22H17ClN4O2S2.Na/c1-13-20-17(12-19(28)26(13)10-11-30-15-8-6-14(23)7-9-15)25-27(21(20)29)22-24-16-4-2-3-5-18(16)31-22;/h2-9,12H,10-11H2,1H3,(H,25,28);/q;+1/p-1. The summed E-state index contributed by atoms with van der Waals surface area (Å²) in [5.74, 6) is 0.689. The molecule has 0 amide bonds. The predicted octanol–water partition coefficient (Wildman–Crippen LogP) is 1.48. The second kappa shape index (κ2) is 9.59. The van der Waals surface area contributed by atoms with E-state index in [0.717, 1.165) is 15.1 Å². The van der Waals surface area contributed by atoms with Crippen LogP contribution in [0.1, 0.15) is 5.69 Å². The van der Waals surface area contributed by atoms with Crippen LogP contribution in [-0.4, -0.2) is 20.0 Å². The molecule has 156 valence electrons. The van der Waals surface area contributed by atoms with Gasteiger partial charge in [0.1, 0.15) is 0 Å². The Morgan fingerprint density at radius 2 is 1.88 bits per heavy atom. The summed E-state index contributed by atoms with van der Waals surface area (Å²) in [7, 11) is 0. The number of rotatable bonds is 5. The van der Waals surface area contributed by atoms with Crippen molar-refractivity contribution < 1.29 is 29.6 Å². The van der Waals surface area contributed by atoms with Crippen molar-refractivity contribution in [3.8, 4) is 5.13 Å². The van der Waals surface area contributed by atoms with E-state index in [4.69, 9.17) is 11.6 Å². The minimum absolute atomic E-state index is 0. The first-order chi connectivity index (χ1) is 15.0. The molecule has 0 aliphatic heterocycles. The second-order valence-corrected chi connectivity index (χ2v) is 9.58. The maximum Gasteiger partial charge on any atom is 1.00 e. The van der Waals surface area contributed by atoms with Crippen molar-refractivity contribution in [1.82, 2.24) is 19.3 Å². The Kier molecular flexibility index (Phi) is 7.00. The van der Waals surface area contributed by atoms with Gasteiger partial charge in [-0.2, -0.15) is 0 Å². The number of thiazole rings is 1. The van der Waals surface area contributed by atoms with Crippen LogP contribution >= 0.6 is 34.7 Å². The molecule has 3 aromatic heterocycles. The molecule has 0 fully saturated rings. The van der Waals surface area contributed by atoms with Gasteiger partial charge in [0.15, 0.2) is 5.13 Å². The summed E-state index contributed by atoms with van der Waals surface area (Å²) >= 11 is 8.95. The molecule has 6 nitrogen and oxygen atoms in total. The van der Waals surface area contributed by atoms with Crippen LogP contribution in [0.4, 0.5) is 0 Å². The van der Waals surface area contributed by atoms with Gasteiger partial charge in [0.25, 0.3) is 0 Å². The van der Waals surface area contributed by atoms with Crippen molar-refractivity contribution in [2.45, 2.75) is 18.4 Å². The van der Waals surface area contributed by atoms with Gasteiger partial charge in [-0.05, 0) is 49.4 Å². The van der Waals surface area contributed by atoms with Crippen LogP contribution in [0.15, 0.2) is 69.1 Å². The number of nitrogens with zero attached hydrogens (tertiary/aromatic N) is 4. The van der Waals surface area contributed by atoms with Gasteiger partial charge in [0.2, 0.25) is 11.1 Å². The zero-order valence-corrected chi connectivity index (χ0v) is 21.8. The van der Waals surface area contributed by atoms with Crippen molar-refractivity contribution >= 4 is 55.8 Å². The van der Waals surface area contributed by atoms with Crippen molar-refractivity contribution in [3.05, 3.63) is 86.0 Å². The molecule has 32 heavy (non-hydrogen) atoms. The molecule has 0 aliphatic rings. The number of halogens is 1. The molecular weight excluding hydrogens is 475 g/mol. The van der Waals surface area contributed by atoms with Crippen LogP contribution < -0.4 is 45.8 Å². The van der Waals surface area contributed by atoms with Gasteiger partial charge in [0.05, 0.1) is 10.2 Å². The van der Waals surface area contributed by atoms with E-state index in [1.54, 1.807) is 23.3 Å². The Morgan fingerprint density at radius 1 is 1.12 bits per heavy atom. The van der Waals surface area contributed by atoms with Gasteiger partial charge in [-0.25, -0.2) is 4.98 Å². The van der Waals surface area contributed by atoms with Crippen molar-refractivity contribution in [3.63, 3.8) is 0 Å². The summed E-state index contributed by atoms with van der Waals surface area (Å²) in [6, 6.07) is 16.7. The fraction of sp³-hybridized carbons (Fsp3) is 0.136. The van der Waals surface area contributed by atoms with E-state index in [-0.39, 0.29) is 40.7 Å². The smallest absolute Gasteiger partial charge is 0.585 e. The summed E-state index contributed by atoms with van der Waals surface area (Å²) < 4.78 is 3.91. The van der Waals surface area contributed by atoms with Gasteiger partial charge in [0, 0.05) is 33.3 Å². The Hall–Kier alpha value is -1.81. The van der Waals surface area contributed by atoms with E-state index in [1.807, 2.05) is 48.5 Å². The number of aromatic nitrogens is 4. The summed E-state index contributed by atoms with van der Waals surface area (Å²) in [4.78, 5) is 31.5. The normalized spacial score (nSPS) is 11.2. The molecule has 0 N–H and O–H groups in total. The zero-order chi connectivity index (χ0) is 21.5. The third kappa shape index (κ3) is 4.35. The van der Waals surface area contributed by atoms with Crippen LogP contribution in [0.3, 0.4) is 0 Å². The third-order valence-corrected chi connectivity index (χ3v) is 7.28. The summed E-state index contributed by atoms with van der Waals surface area (Å²) in [6.45, 7) is 2.28. The molecule has 5 aromatic rings. The van der Waals surface area contributed by atoms with Crippen molar-refractivity contribution in [2.24, 2.45) is 0 Å². The molecular formula is C22H16ClN4NaO2S2. The Morgan fingerprint density at radius 3 is 2.62 bits per heavy atom. The van der Waals surface area contributed by atoms with Crippen LogP contribution in [0.2, 0.25) is 5.02 Å². The molecule has 0 saturated heterocycles. The monoisotopic (exact) mass is 490 g/mol. The molecule has 0 spiro atoms. The van der Waals surface area contributed by atoms with Crippen LogP contribution in [0.25, 0.3) is 26.3 Å². The van der Waals surface area contributed by atoms with E-state index >= 15 is 0 Å². The first-order valence-corrected chi connectivity index (χ1v) is 11.7. The molecule has 0 unspecified atom stereocenters. The third-order valence-electron chi connectivity index (χ3n) is 5.02. The number of para-hydroxylation sites is 1. The largest absolute Gasteiger partial charge is 1.00 e. The summed E-state index contributed by atoms with van der Waals surface area (Å²) in [5.41, 5.74) is 1.41. The van der Waals surface area contributed by atoms with E-state index < -0.39 is 0 Å². The van der Waals surface area contributed by atoms with E-state index in [0.29, 0.717) is 39.0 Å². The zero-order valence-electron chi connectivity index (χ0n) is 17.4. The molecule has 10 heteroatoms. The number of hydrogen-bond donors (Lipinski definition) is 0. The quantitative estimate of drug-likeness (QED) is 0.276. The average molecular weight is 491 g/mol. The minimum Gasteiger partial charge on any atom is -0.585 e.